The first-order valence-corrected chi connectivity index (χ1v) is 7.75. The predicted molar refractivity (Wildman–Crippen MR) is 84.1 cm³/mol. The van der Waals surface area contributed by atoms with Crippen LogP contribution in [0.25, 0.3) is 0 Å². The molecule has 3 heteroatoms. The van der Waals surface area contributed by atoms with Crippen LogP contribution >= 0.6 is 0 Å². The fourth-order valence-corrected chi connectivity index (χ4v) is 3.31. The summed E-state index contributed by atoms with van der Waals surface area (Å²) >= 11 is 0. The van der Waals surface area contributed by atoms with Crippen LogP contribution in [0.15, 0.2) is 18.2 Å². The van der Waals surface area contributed by atoms with Crippen LogP contribution in [0.5, 0.6) is 5.75 Å². The lowest BCUT2D eigenvalue weighted by atomic mass is 10.1. The molecule has 0 aromatic heterocycles. The smallest absolute Gasteiger partial charge is 0.123 e. The van der Waals surface area contributed by atoms with E-state index in [1.165, 1.54) is 30.4 Å². The van der Waals surface area contributed by atoms with Crippen LogP contribution in [0.2, 0.25) is 0 Å². The third-order valence-corrected chi connectivity index (χ3v) is 4.50. The number of methoxy groups -OCH3 is 1. The van der Waals surface area contributed by atoms with E-state index in [0.29, 0.717) is 6.04 Å². The van der Waals surface area contributed by atoms with Crippen molar-refractivity contribution in [3.05, 3.63) is 29.3 Å². The topological polar surface area (TPSA) is 24.5 Å². The summed E-state index contributed by atoms with van der Waals surface area (Å²) in [6.45, 7) is 6.55. The largest absolute Gasteiger partial charge is 0.496 e. The first kappa shape index (κ1) is 15.3. The second kappa shape index (κ2) is 7.09. The van der Waals surface area contributed by atoms with Crippen LogP contribution in [0.1, 0.15) is 44.2 Å². The second-order valence-corrected chi connectivity index (χ2v) is 5.84. The lowest BCUT2D eigenvalue weighted by Crippen LogP contribution is -2.33. The Labute approximate surface area is 123 Å². The zero-order chi connectivity index (χ0) is 14.5. The lowest BCUT2D eigenvalue weighted by Gasteiger charge is -2.28. The fraction of sp³-hybridized carbons (Fsp3) is 0.647. The Morgan fingerprint density at radius 2 is 2.15 bits per heavy atom. The first-order chi connectivity index (χ1) is 9.69. The Morgan fingerprint density at radius 1 is 1.35 bits per heavy atom. The van der Waals surface area contributed by atoms with E-state index in [1.807, 2.05) is 7.05 Å². The van der Waals surface area contributed by atoms with Crippen LogP contribution in [0, 0.1) is 0 Å². The maximum absolute atomic E-state index is 5.55. The van der Waals surface area contributed by atoms with Gasteiger partial charge in [0.05, 0.1) is 7.11 Å². The SMILES string of the molecule is CCC1CCC(C)N1Cc1cc(CNC)ccc1OC. The molecule has 0 radical (unpaired) electrons. The van der Waals surface area contributed by atoms with Crippen molar-refractivity contribution in [2.75, 3.05) is 14.2 Å². The Bertz CT molecular complexity index is 433. The zero-order valence-electron chi connectivity index (χ0n) is 13.3. The molecule has 1 heterocycles. The molecule has 112 valence electrons. The van der Waals surface area contributed by atoms with Crippen LogP contribution < -0.4 is 10.1 Å². The number of ether oxygens (including phenoxy) is 1. The summed E-state index contributed by atoms with van der Waals surface area (Å²) in [4.78, 5) is 2.64. The highest BCUT2D eigenvalue weighted by molar-refractivity contribution is 5.37. The third kappa shape index (κ3) is 3.33. The Hall–Kier alpha value is -1.06. The van der Waals surface area contributed by atoms with Gasteiger partial charge in [-0.15, -0.1) is 0 Å². The van der Waals surface area contributed by atoms with Crippen molar-refractivity contribution in [3.63, 3.8) is 0 Å². The zero-order valence-corrected chi connectivity index (χ0v) is 13.3. The summed E-state index contributed by atoms with van der Waals surface area (Å²) < 4.78 is 5.55. The van der Waals surface area contributed by atoms with Crippen molar-refractivity contribution in [2.24, 2.45) is 0 Å². The molecule has 2 rings (SSSR count). The van der Waals surface area contributed by atoms with Gasteiger partial charge in [-0.3, -0.25) is 4.90 Å². The Balaban J connectivity index is 2.19. The van der Waals surface area contributed by atoms with Gasteiger partial charge >= 0.3 is 0 Å². The molecule has 20 heavy (non-hydrogen) atoms. The van der Waals surface area contributed by atoms with Gasteiger partial charge in [0.2, 0.25) is 0 Å². The minimum absolute atomic E-state index is 0.678. The van der Waals surface area contributed by atoms with Crippen molar-refractivity contribution in [3.8, 4) is 5.75 Å². The van der Waals surface area contributed by atoms with E-state index >= 15 is 0 Å². The summed E-state index contributed by atoms with van der Waals surface area (Å²) in [5, 5.41) is 3.22. The summed E-state index contributed by atoms with van der Waals surface area (Å²) in [5.74, 6) is 1.01. The number of nitrogens with one attached hydrogen (secondary N) is 1. The van der Waals surface area contributed by atoms with Crippen molar-refractivity contribution in [1.82, 2.24) is 10.2 Å². The van der Waals surface area contributed by atoms with Gasteiger partial charge in [0.25, 0.3) is 0 Å². The molecule has 1 aromatic rings. The Kier molecular flexibility index (Phi) is 5.44. The average Bonchev–Trinajstić information content (AvgIpc) is 2.80. The van der Waals surface area contributed by atoms with Gasteiger partial charge in [-0.2, -0.15) is 0 Å². The quantitative estimate of drug-likeness (QED) is 0.863. The molecule has 3 nitrogen and oxygen atoms in total. The molecular weight excluding hydrogens is 248 g/mol. The van der Waals surface area contributed by atoms with Gasteiger partial charge in [-0.05, 0) is 50.9 Å². The number of hydrogen-bond donors (Lipinski definition) is 1. The van der Waals surface area contributed by atoms with Crippen molar-refractivity contribution in [1.29, 1.82) is 0 Å². The minimum Gasteiger partial charge on any atom is -0.496 e. The molecule has 0 saturated carbocycles. The maximum atomic E-state index is 5.55. The minimum atomic E-state index is 0.678. The van der Waals surface area contributed by atoms with Crippen molar-refractivity contribution in [2.45, 2.75) is 58.3 Å². The summed E-state index contributed by atoms with van der Waals surface area (Å²) in [5.41, 5.74) is 2.63. The van der Waals surface area contributed by atoms with E-state index in [-0.39, 0.29) is 0 Å². The molecule has 2 unspecified atom stereocenters. The molecule has 1 N–H and O–H groups in total. The van der Waals surface area contributed by atoms with Gasteiger partial charge in [0, 0.05) is 30.7 Å². The fourth-order valence-electron chi connectivity index (χ4n) is 3.31. The van der Waals surface area contributed by atoms with Crippen LogP contribution in [-0.2, 0) is 13.1 Å². The second-order valence-electron chi connectivity index (χ2n) is 5.84. The molecule has 0 bridgehead atoms. The number of benzene rings is 1. The van der Waals surface area contributed by atoms with E-state index < -0.39 is 0 Å². The van der Waals surface area contributed by atoms with Crippen molar-refractivity contribution >= 4 is 0 Å². The summed E-state index contributed by atoms with van der Waals surface area (Å²) in [7, 11) is 3.75. The van der Waals surface area contributed by atoms with E-state index in [9.17, 15) is 0 Å². The number of hydrogen-bond acceptors (Lipinski definition) is 3. The number of likely N-dealkylation sites (tertiary alicyclic amines) is 1. The third-order valence-electron chi connectivity index (χ3n) is 4.50. The van der Waals surface area contributed by atoms with Gasteiger partial charge in [0.1, 0.15) is 5.75 Å². The maximum Gasteiger partial charge on any atom is 0.123 e. The number of nitrogens with zero attached hydrogens (tertiary/aromatic N) is 1. The van der Waals surface area contributed by atoms with Gasteiger partial charge in [0.15, 0.2) is 0 Å². The predicted octanol–water partition coefficient (Wildman–Crippen LogP) is 3.18. The lowest BCUT2D eigenvalue weighted by molar-refractivity contribution is 0.187. The Morgan fingerprint density at radius 3 is 2.80 bits per heavy atom. The summed E-state index contributed by atoms with van der Waals surface area (Å²) in [6.07, 6.45) is 3.88. The number of rotatable bonds is 6. The normalized spacial score (nSPS) is 23.2. The average molecular weight is 276 g/mol. The standard InChI is InChI=1S/C17H28N2O/c1-5-16-8-6-13(2)19(16)12-15-10-14(11-18-3)7-9-17(15)20-4/h7,9-10,13,16,18H,5-6,8,11-12H2,1-4H3. The molecule has 1 fully saturated rings. The van der Waals surface area contributed by atoms with Crippen LogP contribution in [0.3, 0.4) is 0 Å². The monoisotopic (exact) mass is 276 g/mol. The van der Waals surface area contributed by atoms with Gasteiger partial charge in [-0.1, -0.05) is 13.0 Å². The van der Waals surface area contributed by atoms with E-state index in [2.05, 4.69) is 42.3 Å². The molecule has 1 aliphatic rings. The summed E-state index contributed by atoms with van der Waals surface area (Å²) in [6, 6.07) is 7.93. The highest BCUT2D eigenvalue weighted by atomic mass is 16.5. The van der Waals surface area contributed by atoms with Gasteiger partial charge < -0.3 is 10.1 Å². The molecular formula is C17H28N2O. The van der Waals surface area contributed by atoms with E-state index in [0.717, 1.165) is 24.9 Å². The first-order valence-electron chi connectivity index (χ1n) is 7.75. The van der Waals surface area contributed by atoms with Crippen LogP contribution in [-0.4, -0.2) is 31.1 Å². The van der Waals surface area contributed by atoms with E-state index in [1.54, 1.807) is 7.11 Å². The highest BCUT2D eigenvalue weighted by Crippen LogP contribution is 2.30. The van der Waals surface area contributed by atoms with E-state index in [4.69, 9.17) is 4.74 Å². The molecule has 1 aliphatic heterocycles. The highest BCUT2D eigenvalue weighted by Gasteiger charge is 2.29. The van der Waals surface area contributed by atoms with Gasteiger partial charge in [-0.25, -0.2) is 0 Å². The molecule has 0 spiro atoms. The van der Waals surface area contributed by atoms with Crippen molar-refractivity contribution < 1.29 is 4.74 Å². The van der Waals surface area contributed by atoms with Crippen LogP contribution in [0.4, 0.5) is 0 Å². The molecule has 0 amide bonds. The molecule has 1 aromatic carbocycles. The molecule has 0 aliphatic carbocycles. The molecule has 2 atom stereocenters. The molecule has 1 saturated heterocycles.